The van der Waals surface area contributed by atoms with Gasteiger partial charge in [-0.2, -0.15) is 0 Å². The zero-order chi connectivity index (χ0) is 13.9. The van der Waals surface area contributed by atoms with E-state index in [1.807, 2.05) is 0 Å². The van der Waals surface area contributed by atoms with Gasteiger partial charge in [0.1, 0.15) is 0 Å². The van der Waals surface area contributed by atoms with Gasteiger partial charge < -0.3 is 15.5 Å². The molecule has 0 spiro atoms. The Labute approximate surface area is 111 Å². The summed E-state index contributed by atoms with van der Waals surface area (Å²) >= 11 is 0. The number of carbonyl (C=O) groups is 1. The van der Waals surface area contributed by atoms with E-state index >= 15 is 0 Å². The summed E-state index contributed by atoms with van der Waals surface area (Å²) in [5.41, 5.74) is 5.84. The van der Waals surface area contributed by atoms with Crippen molar-refractivity contribution in [3.8, 4) is 0 Å². The fourth-order valence-electron chi connectivity index (χ4n) is 2.70. The molecule has 3 unspecified atom stereocenters. The number of hydrogen-bond acceptors (Lipinski definition) is 4. The lowest BCUT2D eigenvalue weighted by Crippen LogP contribution is -2.44. The van der Waals surface area contributed by atoms with Crippen molar-refractivity contribution in [2.24, 2.45) is 11.7 Å². The number of amides is 1. The number of likely N-dealkylation sites (N-methyl/N-ethyl adjacent to an activating group) is 1. The Hall–Kier alpha value is -0.650. The number of nitrogens with zero attached hydrogens (tertiary/aromatic N) is 3. The molecule has 0 aromatic carbocycles. The molecule has 5 heteroatoms. The molecule has 0 aromatic rings. The van der Waals surface area contributed by atoms with E-state index in [4.69, 9.17) is 5.73 Å². The van der Waals surface area contributed by atoms with E-state index < -0.39 is 0 Å². The Kier molecular flexibility index (Phi) is 5.56. The average molecular weight is 256 g/mol. The number of carbonyl (C=O) groups excluding carboxylic acids is 1. The SMILES string of the molecule is CC1CN(C(CN)CC(=O)N(C)C)CC1N(C)C. The smallest absolute Gasteiger partial charge is 0.223 e. The predicted molar refractivity (Wildman–Crippen MR) is 74.4 cm³/mol. The highest BCUT2D eigenvalue weighted by molar-refractivity contribution is 5.76. The molecule has 1 rings (SSSR count). The third kappa shape index (κ3) is 3.67. The van der Waals surface area contributed by atoms with Crippen LogP contribution < -0.4 is 5.73 Å². The zero-order valence-corrected chi connectivity index (χ0v) is 12.4. The van der Waals surface area contributed by atoms with Gasteiger partial charge in [-0.1, -0.05) is 6.92 Å². The number of rotatable bonds is 5. The van der Waals surface area contributed by atoms with Gasteiger partial charge in [-0.3, -0.25) is 9.69 Å². The summed E-state index contributed by atoms with van der Waals surface area (Å²) in [7, 11) is 7.83. The molecular weight excluding hydrogens is 228 g/mol. The van der Waals surface area contributed by atoms with Gasteiger partial charge in [0.15, 0.2) is 0 Å². The summed E-state index contributed by atoms with van der Waals surface area (Å²) in [5, 5.41) is 0. The second-order valence-electron chi connectivity index (χ2n) is 5.84. The van der Waals surface area contributed by atoms with Crippen LogP contribution in [0.1, 0.15) is 13.3 Å². The van der Waals surface area contributed by atoms with Crippen LogP contribution in [0.5, 0.6) is 0 Å². The van der Waals surface area contributed by atoms with E-state index in [0.29, 0.717) is 24.9 Å². The molecule has 1 heterocycles. The van der Waals surface area contributed by atoms with Gasteiger partial charge in [0.05, 0.1) is 0 Å². The van der Waals surface area contributed by atoms with Crippen LogP contribution in [0.4, 0.5) is 0 Å². The molecule has 3 atom stereocenters. The number of hydrogen-bond donors (Lipinski definition) is 1. The molecule has 0 saturated carbocycles. The number of likely N-dealkylation sites (tertiary alicyclic amines) is 1. The van der Waals surface area contributed by atoms with Gasteiger partial charge in [-0.15, -0.1) is 0 Å². The lowest BCUT2D eigenvalue weighted by Gasteiger charge is -2.28. The molecule has 0 bridgehead atoms. The maximum atomic E-state index is 11.8. The highest BCUT2D eigenvalue weighted by atomic mass is 16.2. The van der Waals surface area contributed by atoms with E-state index in [2.05, 4.69) is 30.8 Å². The van der Waals surface area contributed by atoms with Crippen LogP contribution in [0.2, 0.25) is 0 Å². The van der Waals surface area contributed by atoms with Gasteiger partial charge in [-0.25, -0.2) is 0 Å². The summed E-state index contributed by atoms with van der Waals surface area (Å²) in [6.07, 6.45) is 0.524. The molecule has 1 aliphatic rings. The van der Waals surface area contributed by atoms with Crippen molar-refractivity contribution in [2.45, 2.75) is 25.4 Å². The Bertz CT molecular complexity index is 280. The fourth-order valence-corrected chi connectivity index (χ4v) is 2.70. The number of nitrogens with two attached hydrogens (primary N) is 1. The van der Waals surface area contributed by atoms with Gasteiger partial charge in [0.25, 0.3) is 0 Å². The quantitative estimate of drug-likeness (QED) is 0.732. The minimum Gasteiger partial charge on any atom is -0.349 e. The lowest BCUT2D eigenvalue weighted by atomic mass is 10.1. The van der Waals surface area contributed by atoms with Crippen molar-refractivity contribution in [3.05, 3.63) is 0 Å². The maximum absolute atomic E-state index is 11.8. The van der Waals surface area contributed by atoms with Crippen molar-refractivity contribution in [3.63, 3.8) is 0 Å². The summed E-state index contributed by atoms with van der Waals surface area (Å²) in [5.74, 6) is 0.787. The van der Waals surface area contributed by atoms with E-state index in [1.165, 1.54) is 0 Å². The first kappa shape index (κ1) is 15.4. The van der Waals surface area contributed by atoms with E-state index in [0.717, 1.165) is 13.1 Å². The van der Waals surface area contributed by atoms with Gasteiger partial charge in [-0.05, 0) is 20.0 Å². The summed E-state index contributed by atoms with van der Waals surface area (Å²) in [4.78, 5) is 18.1. The van der Waals surface area contributed by atoms with Gasteiger partial charge in [0.2, 0.25) is 5.91 Å². The zero-order valence-electron chi connectivity index (χ0n) is 12.4. The van der Waals surface area contributed by atoms with Crippen LogP contribution in [-0.4, -0.2) is 80.5 Å². The molecule has 1 saturated heterocycles. The highest BCUT2D eigenvalue weighted by Gasteiger charge is 2.34. The standard InChI is InChI=1S/C13H28N4O/c1-10-8-17(9-12(10)15(2)3)11(7-14)6-13(18)16(4)5/h10-12H,6-9,14H2,1-5H3. The van der Waals surface area contributed by atoms with Crippen molar-refractivity contribution in [1.82, 2.24) is 14.7 Å². The first-order valence-electron chi connectivity index (χ1n) is 6.67. The summed E-state index contributed by atoms with van der Waals surface area (Å²) in [6.45, 7) is 4.86. The topological polar surface area (TPSA) is 52.8 Å². The molecule has 0 radical (unpaired) electrons. The summed E-state index contributed by atoms with van der Waals surface area (Å²) in [6, 6.07) is 0.737. The fraction of sp³-hybridized carbons (Fsp3) is 0.923. The molecule has 1 fully saturated rings. The predicted octanol–water partition coefficient (Wildman–Crippen LogP) is -0.326. The first-order valence-corrected chi connectivity index (χ1v) is 6.67. The van der Waals surface area contributed by atoms with Crippen molar-refractivity contribution in [2.75, 3.05) is 47.8 Å². The van der Waals surface area contributed by atoms with Crippen molar-refractivity contribution >= 4 is 5.91 Å². The van der Waals surface area contributed by atoms with Crippen LogP contribution >= 0.6 is 0 Å². The van der Waals surface area contributed by atoms with Crippen LogP contribution in [-0.2, 0) is 4.79 Å². The van der Waals surface area contributed by atoms with E-state index in [9.17, 15) is 4.79 Å². The van der Waals surface area contributed by atoms with Crippen molar-refractivity contribution in [1.29, 1.82) is 0 Å². The van der Waals surface area contributed by atoms with Crippen LogP contribution in [0.15, 0.2) is 0 Å². The van der Waals surface area contributed by atoms with E-state index in [1.54, 1.807) is 19.0 Å². The third-order valence-electron chi connectivity index (χ3n) is 3.96. The van der Waals surface area contributed by atoms with Gasteiger partial charge in [0, 0.05) is 52.2 Å². The Balaban J connectivity index is 2.60. The van der Waals surface area contributed by atoms with E-state index in [-0.39, 0.29) is 11.9 Å². The molecule has 106 valence electrons. The third-order valence-corrected chi connectivity index (χ3v) is 3.96. The normalized spacial score (nSPS) is 26.6. The largest absolute Gasteiger partial charge is 0.349 e. The Morgan fingerprint density at radius 3 is 2.33 bits per heavy atom. The molecule has 1 aliphatic heterocycles. The Morgan fingerprint density at radius 2 is 1.94 bits per heavy atom. The summed E-state index contributed by atoms with van der Waals surface area (Å²) < 4.78 is 0. The average Bonchev–Trinajstić information content (AvgIpc) is 2.67. The maximum Gasteiger partial charge on any atom is 0.223 e. The molecule has 0 aliphatic carbocycles. The minimum atomic E-state index is 0.159. The second kappa shape index (κ2) is 6.50. The molecule has 0 aromatic heterocycles. The highest BCUT2D eigenvalue weighted by Crippen LogP contribution is 2.22. The molecule has 18 heavy (non-hydrogen) atoms. The van der Waals surface area contributed by atoms with Crippen molar-refractivity contribution < 1.29 is 4.79 Å². The Morgan fingerprint density at radius 1 is 1.33 bits per heavy atom. The molecule has 1 amide bonds. The monoisotopic (exact) mass is 256 g/mol. The molecular formula is C13H28N4O. The van der Waals surface area contributed by atoms with Crippen LogP contribution in [0, 0.1) is 5.92 Å². The van der Waals surface area contributed by atoms with Crippen LogP contribution in [0.3, 0.4) is 0 Å². The first-order chi connectivity index (χ1) is 8.36. The minimum absolute atomic E-state index is 0.159. The van der Waals surface area contributed by atoms with Crippen LogP contribution in [0.25, 0.3) is 0 Å². The lowest BCUT2D eigenvalue weighted by molar-refractivity contribution is -0.129. The second-order valence-corrected chi connectivity index (χ2v) is 5.84. The molecule has 5 nitrogen and oxygen atoms in total. The molecule has 2 N–H and O–H groups in total. The van der Waals surface area contributed by atoms with Gasteiger partial charge >= 0.3 is 0 Å².